The van der Waals surface area contributed by atoms with E-state index in [1.807, 2.05) is 0 Å². The van der Waals surface area contributed by atoms with Crippen molar-refractivity contribution < 1.29 is 19.1 Å². The highest BCUT2D eigenvalue weighted by Gasteiger charge is 2.15. The lowest BCUT2D eigenvalue weighted by atomic mass is 9.87. The van der Waals surface area contributed by atoms with Crippen molar-refractivity contribution in [2.45, 2.75) is 64.7 Å². The number of carbonyl (C=O) groups is 2. The molecule has 0 atom stereocenters. The Bertz CT molecular complexity index is 529. The maximum atomic E-state index is 12.1. The maximum absolute atomic E-state index is 12.1. The summed E-state index contributed by atoms with van der Waals surface area (Å²) >= 11 is 0. The van der Waals surface area contributed by atoms with Crippen molar-refractivity contribution in [3.05, 3.63) is 35.4 Å². The van der Waals surface area contributed by atoms with Gasteiger partial charge >= 0.3 is 11.9 Å². The molecule has 2 rings (SSSR count). The summed E-state index contributed by atoms with van der Waals surface area (Å²) in [5, 5.41) is 0. The molecule has 0 amide bonds. The molecule has 4 heteroatoms. The second-order valence-corrected chi connectivity index (χ2v) is 6.85. The minimum atomic E-state index is -0.340. The molecule has 0 saturated heterocycles. The van der Waals surface area contributed by atoms with Crippen molar-refractivity contribution in [1.82, 2.24) is 0 Å². The summed E-state index contributed by atoms with van der Waals surface area (Å²) in [6.45, 7) is 3.02. The van der Waals surface area contributed by atoms with Crippen molar-refractivity contribution in [2.24, 2.45) is 5.92 Å². The molecule has 0 N–H and O–H groups in total. The molecule has 1 aliphatic carbocycles. The predicted octanol–water partition coefficient (Wildman–Crippen LogP) is 5.16. The van der Waals surface area contributed by atoms with Gasteiger partial charge in [0, 0.05) is 0 Å². The Balaban J connectivity index is 1.72. The van der Waals surface area contributed by atoms with Crippen molar-refractivity contribution in [2.75, 3.05) is 13.2 Å². The van der Waals surface area contributed by atoms with E-state index in [1.165, 1.54) is 32.1 Å². The first-order chi connectivity index (χ1) is 12.2. The predicted molar refractivity (Wildman–Crippen MR) is 97.7 cm³/mol. The van der Waals surface area contributed by atoms with E-state index in [9.17, 15) is 9.59 Å². The Morgan fingerprint density at radius 3 is 2.00 bits per heavy atom. The first kappa shape index (κ1) is 19.5. The van der Waals surface area contributed by atoms with E-state index < -0.39 is 0 Å². The van der Waals surface area contributed by atoms with E-state index in [2.05, 4.69) is 6.92 Å². The van der Waals surface area contributed by atoms with Crippen molar-refractivity contribution in [1.29, 1.82) is 0 Å². The van der Waals surface area contributed by atoms with Gasteiger partial charge in [-0.05, 0) is 43.0 Å². The van der Waals surface area contributed by atoms with E-state index in [0.29, 0.717) is 30.3 Å². The third-order valence-electron chi connectivity index (χ3n) is 4.82. The largest absolute Gasteiger partial charge is 0.462 e. The SMILES string of the molecule is CCCCCOC(=O)c1ccc(C(=O)OCCC2CCCCC2)cc1. The summed E-state index contributed by atoms with van der Waals surface area (Å²) in [7, 11) is 0. The summed E-state index contributed by atoms with van der Waals surface area (Å²) in [6.07, 6.45) is 10.4. The van der Waals surface area contributed by atoms with Crippen molar-refractivity contribution in [3.8, 4) is 0 Å². The van der Waals surface area contributed by atoms with Crippen molar-refractivity contribution in [3.63, 3.8) is 0 Å². The van der Waals surface area contributed by atoms with Crippen LogP contribution >= 0.6 is 0 Å². The van der Waals surface area contributed by atoms with Crippen LogP contribution in [0.1, 0.15) is 85.4 Å². The Kier molecular flexibility index (Phi) is 8.50. The molecule has 1 saturated carbocycles. The van der Waals surface area contributed by atoms with Crippen LogP contribution in [0.25, 0.3) is 0 Å². The number of benzene rings is 1. The van der Waals surface area contributed by atoms with Gasteiger partial charge in [0.2, 0.25) is 0 Å². The van der Waals surface area contributed by atoms with Gasteiger partial charge in [0.1, 0.15) is 0 Å². The first-order valence-electron chi connectivity index (χ1n) is 9.65. The fourth-order valence-electron chi connectivity index (χ4n) is 3.22. The summed E-state index contributed by atoms with van der Waals surface area (Å²) < 4.78 is 10.6. The van der Waals surface area contributed by atoms with Gasteiger partial charge in [0.05, 0.1) is 24.3 Å². The second-order valence-electron chi connectivity index (χ2n) is 6.85. The lowest BCUT2D eigenvalue weighted by Gasteiger charge is -2.21. The molecule has 1 fully saturated rings. The number of unbranched alkanes of at least 4 members (excludes halogenated alkanes) is 2. The van der Waals surface area contributed by atoms with Gasteiger partial charge in [-0.3, -0.25) is 0 Å². The Morgan fingerprint density at radius 2 is 1.44 bits per heavy atom. The fourth-order valence-corrected chi connectivity index (χ4v) is 3.22. The molecular weight excluding hydrogens is 316 g/mol. The number of carbonyl (C=O) groups excluding carboxylic acids is 2. The topological polar surface area (TPSA) is 52.6 Å². The Hall–Kier alpha value is -1.84. The zero-order chi connectivity index (χ0) is 17.9. The van der Waals surface area contributed by atoms with Crippen LogP contribution in [0, 0.1) is 5.92 Å². The number of esters is 2. The van der Waals surface area contributed by atoms with E-state index in [0.717, 1.165) is 25.7 Å². The summed E-state index contributed by atoms with van der Waals surface area (Å²) in [5.41, 5.74) is 0.946. The fraction of sp³-hybridized carbons (Fsp3) is 0.619. The number of ether oxygens (including phenoxy) is 2. The van der Waals surface area contributed by atoms with Crippen LogP contribution in [0.2, 0.25) is 0 Å². The zero-order valence-corrected chi connectivity index (χ0v) is 15.3. The van der Waals surface area contributed by atoms with Gasteiger partial charge < -0.3 is 9.47 Å². The molecule has 0 bridgehead atoms. The van der Waals surface area contributed by atoms with Crippen molar-refractivity contribution >= 4 is 11.9 Å². The molecule has 0 aromatic heterocycles. The van der Waals surface area contributed by atoms with Gasteiger partial charge in [-0.25, -0.2) is 9.59 Å². The highest BCUT2D eigenvalue weighted by Crippen LogP contribution is 2.26. The lowest BCUT2D eigenvalue weighted by Crippen LogP contribution is -2.13. The number of hydrogen-bond donors (Lipinski definition) is 0. The Labute approximate surface area is 150 Å². The van der Waals surface area contributed by atoms with Gasteiger partial charge in [0.15, 0.2) is 0 Å². The second kappa shape index (κ2) is 10.9. The first-order valence-corrected chi connectivity index (χ1v) is 9.65. The third kappa shape index (κ3) is 6.89. The average molecular weight is 346 g/mol. The van der Waals surface area contributed by atoms with Crippen LogP contribution in [0.5, 0.6) is 0 Å². The third-order valence-corrected chi connectivity index (χ3v) is 4.82. The normalized spacial score (nSPS) is 14.9. The average Bonchev–Trinajstić information content (AvgIpc) is 2.66. The summed E-state index contributed by atoms with van der Waals surface area (Å²) in [6, 6.07) is 6.51. The molecule has 1 aromatic rings. The van der Waals surface area contributed by atoms with Crippen LogP contribution in [0.4, 0.5) is 0 Å². The summed E-state index contributed by atoms with van der Waals surface area (Å²) in [4.78, 5) is 24.0. The molecule has 0 aliphatic heterocycles. The molecule has 138 valence electrons. The molecule has 25 heavy (non-hydrogen) atoms. The highest BCUT2D eigenvalue weighted by molar-refractivity contribution is 5.93. The smallest absolute Gasteiger partial charge is 0.338 e. The van der Waals surface area contributed by atoms with Crippen LogP contribution in [0.3, 0.4) is 0 Å². The molecule has 0 unspecified atom stereocenters. The number of rotatable bonds is 9. The zero-order valence-electron chi connectivity index (χ0n) is 15.3. The van der Waals surface area contributed by atoms with Gasteiger partial charge in [-0.15, -0.1) is 0 Å². The molecular formula is C21H30O4. The maximum Gasteiger partial charge on any atom is 0.338 e. The Morgan fingerprint density at radius 1 is 0.880 bits per heavy atom. The van der Waals surface area contributed by atoms with E-state index in [1.54, 1.807) is 24.3 Å². The van der Waals surface area contributed by atoms with Crippen LogP contribution < -0.4 is 0 Å². The molecule has 1 aromatic carbocycles. The quantitative estimate of drug-likeness (QED) is 0.458. The highest BCUT2D eigenvalue weighted by atomic mass is 16.5. The molecule has 0 radical (unpaired) electrons. The van der Waals surface area contributed by atoms with Crippen LogP contribution in [-0.2, 0) is 9.47 Å². The van der Waals surface area contributed by atoms with Gasteiger partial charge in [-0.1, -0.05) is 51.9 Å². The van der Waals surface area contributed by atoms with Crippen LogP contribution in [-0.4, -0.2) is 25.2 Å². The lowest BCUT2D eigenvalue weighted by molar-refractivity contribution is 0.0468. The van der Waals surface area contributed by atoms with Crippen LogP contribution in [0.15, 0.2) is 24.3 Å². The molecule has 4 nitrogen and oxygen atoms in total. The minimum absolute atomic E-state index is 0.321. The monoisotopic (exact) mass is 346 g/mol. The van der Waals surface area contributed by atoms with Gasteiger partial charge in [0.25, 0.3) is 0 Å². The minimum Gasteiger partial charge on any atom is -0.462 e. The molecule has 1 aliphatic rings. The van der Waals surface area contributed by atoms with E-state index in [4.69, 9.17) is 9.47 Å². The summed E-state index contributed by atoms with van der Waals surface area (Å²) in [5.74, 6) is 0.0402. The number of hydrogen-bond acceptors (Lipinski definition) is 4. The van der Waals surface area contributed by atoms with E-state index in [-0.39, 0.29) is 11.9 Å². The van der Waals surface area contributed by atoms with Gasteiger partial charge in [-0.2, -0.15) is 0 Å². The molecule has 0 spiro atoms. The standard InChI is InChI=1S/C21H30O4/c1-2-3-7-15-24-20(22)18-10-12-19(13-11-18)21(23)25-16-14-17-8-5-4-6-9-17/h10-13,17H,2-9,14-16H2,1H3. The molecule has 0 heterocycles. The van der Waals surface area contributed by atoms with E-state index >= 15 is 0 Å².